The summed E-state index contributed by atoms with van der Waals surface area (Å²) in [7, 11) is 1.35. The summed E-state index contributed by atoms with van der Waals surface area (Å²) in [5, 5.41) is 18.1. The van der Waals surface area contributed by atoms with Crippen molar-refractivity contribution in [2.75, 3.05) is 46.4 Å². The molecule has 2 aromatic rings. The van der Waals surface area contributed by atoms with Crippen LogP contribution in [0.1, 0.15) is 69.3 Å². The number of likely N-dealkylation sites (tertiary alicyclic amines) is 1. The summed E-state index contributed by atoms with van der Waals surface area (Å²) in [5.74, 6) is -0.379. The molecular formula is C33H48N6O6. The number of hydrogen-bond donors (Lipinski definition) is 3. The van der Waals surface area contributed by atoms with Gasteiger partial charge in [-0.3, -0.25) is 24.2 Å². The normalized spacial score (nSPS) is 24.1. The predicted octanol–water partition coefficient (Wildman–Crippen LogP) is 1.95. The van der Waals surface area contributed by atoms with Crippen LogP contribution < -0.4 is 16.2 Å². The van der Waals surface area contributed by atoms with Crippen LogP contribution in [-0.4, -0.2) is 119 Å². The standard InChI is InChI=1S/C33H48N6O6/c1-21(2)39-30-8-6-5-7-23(30)15-29(32(39)43)31(42)35-25-16-26-9-10-27(17-25)38(26)20-28(41)19-37(33(44)45-4)14-13-36-12-11-24(18-36)34-22(3)40/h5-8,15,21,24-28,41H,9-14,16-20H2,1-4H3,(H,34,40)(H,35,42). The highest BCUT2D eigenvalue weighted by Crippen LogP contribution is 2.36. The zero-order valence-corrected chi connectivity index (χ0v) is 26.9. The topological polar surface area (TPSA) is 136 Å². The maximum absolute atomic E-state index is 13.4. The zero-order chi connectivity index (χ0) is 32.2. The number of amides is 3. The third kappa shape index (κ3) is 7.67. The molecule has 1 aromatic heterocycles. The van der Waals surface area contributed by atoms with Gasteiger partial charge in [-0.2, -0.15) is 0 Å². The average Bonchev–Trinajstić information content (AvgIpc) is 3.52. The largest absolute Gasteiger partial charge is 0.453 e. The highest BCUT2D eigenvalue weighted by molar-refractivity contribution is 5.97. The summed E-state index contributed by atoms with van der Waals surface area (Å²) < 4.78 is 6.69. The van der Waals surface area contributed by atoms with Crippen molar-refractivity contribution in [2.45, 2.75) is 89.2 Å². The highest BCUT2D eigenvalue weighted by Gasteiger charge is 2.42. The van der Waals surface area contributed by atoms with Crippen molar-refractivity contribution in [3.8, 4) is 0 Å². The first-order valence-corrected chi connectivity index (χ1v) is 16.2. The molecule has 0 radical (unpaired) electrons. The van der Waals surface area contributed by atoms with Crippen molar-refractivity contribution in [3.05, 3.63) is 46.2 Å². The number of fused-ring (bicyclic) bond motifs is 3. The summed E-state index contributed by atoms with van der Waals surface area (Å²) in [6, 6.07) is 9.71. The van der Waals surface area contributed by atoms with Gasteiger partial charge >= 0.3 is 6.09 Å². The lowest BCUT2D eigenvalue weighted by molar-refractivity contribution is -0.119. The van der Waals surface area contributed by atoms with E-state index in [4.69, 9.17) is 4.74 Å². The van der Waals surface area contributed by atoms with E-state index in [1.807, 2.05) is 38.1 Å². The molecule has 3 amide bonds. The van der Waals surface area contributed by atoms with E-state index in [0.717, 1.165) is 56.1 Å². The van der Waals surface area contributed by atoms with E-state index in [1.165, 1.54) is 14.0 Å². The Balaban J connectivity index is 1.16. The highest BCUT2D eigenvalue weighted by atomic mass is 16.5. The summed E-state index contributed by atoms with van der Waals surface area (Å²) in [6.45, 7) is 8.63. The van der Waals surface area contributed by atoms with Crippen LogP contribution >= 0.6 is 0 Å². The van der Waals surface area contributed by atoms with E-state index in [2.05, 4.69) is 20.4 Å². The number of pyridine rings is 1. The molecule has 45 heavy (non-hydrogen) atoms. The van der Waals surface area contributed by atoms with Gasteiger partial charge in [0.1, 0.15) is 5.56 Å². The van der Waals surface area contributed by atoms with Crippen molar-refractivity contribution in [3.63, 3.8) is 0 Å². The van der Waals surface area contributed by atoms with E-state index in [1.54, 1.807) is 15.5 Å². The maximum atomic E-state index is 13.4. The van der Waals surface area contributed by atoms with Gasteiger partial charge in [0.05, 0.1) is 25.3 Å². The Hall–Kier alpha value is -3.48. The second-order valence-electron chi connectivity index (χ2n) is 13.2. The van der Waals surface area contributed by atoms with Crippen molar-refractivity contribution in [2.24, 2.45) is 0 Å². The Bertz CT molecular complexity index is 1430. The Morgan fingerprint density at radius 3 is 2.44 bits per heavy atom. The summed E-state index contributed by atoms with van der Waals surface area (Å²) >= 11 is 0. The van der Waals surface area contributed by atoms with Crippen molar-refractivity contribution in [1.29, 1.82) is 0 Å². The molecule has 1 aromatic carbocycles. The molecule has 5 rings (SSSR count). The average molecular weight is 625 g/mol. The number of carbonyl (C=O) groups excluding carboxylic acids is 3. The number of para-hydroxylation sites is 1. The van der Waals surface area contributed by atoms with Crippen LogP contribution in [0.25, 0.3) is 10.9 Å². The zero-order valence-electron chi connectivity index (χ0n) is 26.9. The molecule has 0 aliphatic carbocycles. The first kappa shape index (κ1) is 32.9. The van der Waals surface area contributed by atoms with Gasteiger partial charge in [0.15, 0.2) is 0 Å². The molecule has 4 atom stereocenters. The van der Waals surface area contributed by atoms with E-state index in [-0.39, 0.29) is 59.7 Å². The minimum atomic E-state index is -0.754. The molecule has 4 unspecified atom stereocenters. The van der Waals surface area contributed by atoms with E-state index in [0.29, 0.717) is 19.6 Å². The van der Waals surface area contributed by atoms with Crippen LogP contribution in [0, 0.1) is 0 Å². The van der Waals surface area contributed by atoms with E-state index >= 15 is 0 Å². The van der Waals surface area contributed by atoms with Gasteiger partial charge in [-0.05, 0) is 63.5 Å². The second-order valence-corrected chi connectivity index (χ2v) is 13.2. The molecule has 4 heterocycles. The van der Waals surface area contributed by atoms with Crippen molar-refractivity contribution in [1.82, 2.24) is 29.9 Å². The molecule has 12 heteroatoms. The van der Waals surface area contributed by atoms with Gasteiger partial charge in [-0.1, -0.05) is 18.2 Å². The number of rotatable bonds is 11. The lowest BCUT2D eigenvalue weighted by Gasteiger charge is -2.40. The Morgan fingerprint density at radius 1 is 1.07 bits per heavy atom. The van der Waals surface area contributed by atoms with Gasteiger partial charge in [0.25, 0.3) is 11.5 Å². The minimum absolute atomic E-state index is 0.0395. The Labute approximate surface area is 264 Å². The molecule has 12 nitrogen and oxygen atoms in total. The number of nitrogens with zero attached hydrogens (tertiary/aromatic N) is 4. The van der Waals surface area contributed by atoms with Gasteiger partial charge in [0.2, 0.25) is 5.91 Å². The monoisotopic (exact) mass is 624 g/mol. The first-order chi connectivity index (χ1) is 21.5. The fourth-order valence-electron chi connectivity index (χ4n) is 7.56. The van der Waals surface area contributed by atoms with Crippen molar-refractivity contribution >= 4 is 28.8 Å². The molecule has 0 spiro atoms. The fraction of sp³-hybridized carbons (Fsp3) is 0.636. The minimum Gasteiger partial charge on any atom is -0.453 e. The smallest absolute Gasteiger partial charge is 0.409 e. The van der Waals surface area contributed by atoms with Crippen LogP contribution in [0.5, 0.6) is 0 Å². The number of methoxy groups -OCH3 is 1. The quantitative estimate of drug-likeness (QED) is 0.345. The maximum Gasteiger partial charge on any atom is 0.409 e. The Morgan fingerprint density at radius 2 is 1.78 bits per heavy atom. The number of carbonyl (C=O) groups is 3. The number of aliphatic hydroxyl groups is 1. The summed E-state index contributed by atoms with van der Waals surface area (Å²) in [6.07, 6.45) is 3.09. The molecule has 2 bridgehead atoms. The fourth-order valence-corrected chi connectivity index (χ4v) is 7.56. The van der Waals surface area contributed by atoms with Gasteiger partial charge in [-0.15, -0.1) is 0 Å². The number of piperidine rings is 1. The molecule has 3 aliphatic rings. The van der Waals surface area contributed by atoms with Crippen LogP contribution in [0.2, 0.25) is 0 Å². The SMILES string of the molecule is COC(=O)N(CCN1CCC(NC(C)=O)C1)CC(O)CN1C2CCC1CC(NC(=O)c1cc3ccccc3n(C(C)C)c1=O)C2. The lowest BCUT2D eigenvalue weighted by Crippen LogP contribution is -2.54. The number of benzene rings is 1. The molecule has 246 valence electrons. The van der Waals surface area contributed by atoms with Crippen LogP contribution in [0.4, 0.5) is 4.79 Å². The molecule has 3 N–H and O–H groups in total. The number of hydrogen-bond acceptors (Lipinski definition) is 8. The van der Waals surface area contributed by atoms with Crippen LogP contribution in [0.15, 0.2) is 35.1 Å². The van der Waals surface area contributed by atoms with Gasteiger partial charge < -0.3 is 29.9 Å². The summed E-state index contributed by atoms with van der Waals surface area (Å²) in [5.41, 5.74) is 0.698. The van der Waals surface area contributed by atoms with E-state index in [9.17, 15) is 24.3 Å². The molecule has 3 aliphatic heterocycles. The van der Waals surface area contributed by atoms with Crippen LogP contribution in [-0.2, 0) is 9.53 Å². The Kier molecular flexibility index (Phi) is 10.5. The first-order valence-electron chi connectivity index (χ1n) is 16.2. The molecule has 0 saturated carbocycles. The summed E-state index contributed by atoms with van der Waals surface area (Å²) in [4.78, 5) is 56.8. The third-order valence-corrected chi connectivity index (χ3v) is 9.58. The molecule has 3 fully saturated rings. The molecule has 3 saturated heterocycles. The second kappa shape index (κ2) is 14.3. The number of aliphatic hydroxyl groups excluding tert-OH is 1. The molecular weight excluding hydrogens is 576 g/mol. The number of aromatic nitrogens is 1. The predicted molar refractivity (Wildman–Crippen MR) is 171 cm³/mol. The number of nitrogens with one attached hydrogen (secondary N) is 2. The van der Waals surface area contributed by atoms with Gasteiger partial charge in [-0.25, -0.2) is 4.79 Å². The van der Waals surface area contributed by atoms with Gasteiger partial charge in [0, 0.05) is 69.9 Å². The number of ether oxygens (including phenoxy) is 1. The van der Waals surface area contributed by atoms with E-state index < -0.39 is 12.2 Å². The lowest BCUT2D eigenvalue weighted by atomic mass is 9.96. The van der Waals surface area contributed by atoms with Crippen molar-refractivity contribution < 1.29 is 24.2 Å². The van der Waals surface area contributed by atoms with Crippen LogP contribution in [0.3, 0.4) is 0 Å². The third-order valence-electron chi connectivity index (χ3n) is 9.58.